The highest BCUT2D eigenvalue weighted by molar-refractivity contribution is 5.73. The van der Waals surface area contributed by atoms with E-state index in [1.165, 1.54) is 12.1 Å². The Labute approximate surface area is 137 Å². The Morgan fingerprint density at radius 1 is 1.29 bits per heavy atom. The Morgan fingerprint density at radius 2 is 1.96 bits per heavy atom. The second-order valence-corrected chi connectivity index (χ2v) is 6.04. The van der Waals surface area contributed by atoms with E-state index in [0.29, 0.717) is 19.1 Å². The molecule has 1 saturated carbocycles. The van der Waals surface area contributed by atoms with Crippen molar-refractivity contribution in [3.8, 4) is 0 Å². The summed E-state index contributed by atoms with van der Waals surface area (Å²) in [5, 5.41) is 0. The van der Waals surface area contributed by atoms with Crippen LogP contribution in [0.4, 0.5) is 13.2 Å². The van der Waals surface area contributed by atoms with Crippen LogP contribution in [0.2, 0.25) is 0 Å². The number of halogens is 3. The fourth-order valence-electron chi connectivity index (χ4n) is 2.67. The summed E-state index contributed by atoms with van der Waals surface area (Å²) in [4.78, 5) is 17.8. The Kier molecular flexibility index (Phi) is 4.34. The molecule has 0 unspecified atom stereocenters. The lowest BCUT2D eigenvalue weighted by Crippen LogP contribution is -2.31. The van der Waals surface area contributed by atoms with Crippen molar-refractivity contribution < 1.29 is 18.0 Å². The molecule has 1 aliphatic carbocycles. The zero-order valence-corrected chi connectivity index (χ0v) is 13.3. The number of hydrogen-bond acceptors (Lipinski definition) is 2. The number of hydrogen-bond donors (Lipinski definition) is 0. The number of imidazole rings is 1. The van der Waals surface area contributed by atoms with Crippen molar-refractivity contribution in [2.75, 3.05) is 0 Å². The Morgan fingerprint density at radius 3 is 2.50 bits per heavy atom. The highest BCUT2D eigenvalue weighted by Crippen LogP contribution is 2.30. The number of nitrogens with zero attached hydrogens (tertiary/aromatic N) is 3. The van der Waals surface area contributed by atoms with Crippen LogP contribution < -0.4 is 0 Å². The normalized spacial score (nSPS) is 14.7. The molecule has 1 heterocycles. The molecule has 1 aromatic heterocycles. The smallest absolute Gasteiger partial charge is 0.332 e. The first kappa shape index (κ1) is 16.5. The predicted octanol–water partition coefficient (Wildman–Crippen LogP) is 3.46. The lowest BCUT2D eigenvalue weighted by molar-refractivity contribution is -0.137. The standard InChI is InChI=1S/C17H18F3N3O/c1-12(24)23(15-6-7-15)11-16-21-8-9-22(16)10-13-2-4-14(5-3-13)17(18,19)20/h2-5,8-9,15H,6-7,10-11H2,1H3. The third-order valence-corrected chi connectivity index (χ3v) is 4.14. The molecule has 3 rings (SSSR count). The maximum absolute atomic E-state index is 12.6. The van der Waals surface area contributed by atoms with Gasteiger partial charge in [-0.05, 0) is 30.5 Å². The van der Waals surface area contributed by atoms with Gasteiger partial charge in [0, 0.05) is 31.9 Å². The van der Waals surface area contributed by atoms with Crippen LogP contribution in [-0.4, -0.2) is 26.4 Å². The lowest BCUT2D eigenvalue weighted by Gasteiger charge is -2.20. The number of carbonyl (C=O) groups excluding carboxylic acids is 1. The minimum Gasteiger partial charge on any atom is -0.332 e. The van der Waals surface area contributed by atoms with E-state index in [1.54, 1.807) is 24.2 Å². The molecule has 1 aliphatic rings. The molecule has 0 atom stereocenters. The highest BCUT2D eigenvalue weighted by Gasteiger charge is 2.32. The van der Waals surface area contributed by atoms with Crippen LogP contribution in [-0.2, 0) is 24.1 Å². The van der Waals surface area contributed by atoms with E-state index >= 15 is 0 Å². The molecule has 4 nitrogen and oxygen atoms in total. The van der Waals surface area contributed by atoms with Crippen LogP contribution in [0, 0.1) is 0 Å². The molecular formula is C17H18F3N3O. The Balaban J connectivity index is 1.72. The molecule has 128 valence electrons. The molecule has 1 amide bonds. The molecule has 7 heteroatoms. The number of amides is 1. The summed E-state index contributed by atoms with van der Waals surface area (Å²) in [6.45, 7) is 2.39. The average molecular weight is 337 g/mol. The lowest BCUT2D eigenvalue weighted by atomic mass is 10.1. The minimum atomic E-state index is -4.33. The summed E-state index contributed by atoms with van der Waals surface area (Å²) in [7, 11) is 0. The van der Waals surface area contributed by atoms with Gasteiger partial charge in [0.15, 0.2) is 0 Å². The minimum absolute atomic E-state index is 0.0154. The molecule has 1 fully saturated rings. The summed E-state index contributed by atoms with van der Waals surface area (Å²) in [5.41, 5.74) is 0.0941. The van der Waals surface area contributed by atoms with E-state index in [-0.39, 0.29) is 5.91 Å². The van der Waals surface area contributed by atoms with Gasteiger partial charge in [0.25, 0.3) is 0 Å². The quantitative estimate of drug-likeness (QED) is 0.838. The van der Waals surface area contributed by atoms with Gasteiger partial charge in [0.05, 0.1) is 12.1 Å². The Hall–Kier alpha value is -2.31. The summed E-state index contributed by atoms with van der Waals surface area (Å²) in [6, 6.07) is 5.39. The van der Waals surface area contributed by atoms with Crippen molar-refractivity contribution in [1.29, 1.82) is 0 Å². The van der Waals surface area contributed by atoms with Crippen LogP contribution in [0.3, 0.4) is 0 Å². The predicted molar refractivity (Wildman–Crippen MR) is 82.0 cm³/mol. The van der Waals surface area contributed by atoms with Crippen molar-refractivity contribution in [3.05, 3.63) is 53.6 Å². The molecule has 0 spiro atoms. The second kappa shape index (κ2) is 6.30. The molecule has 2 aromatic rings. The van der Waals surface area contributed by atoms with Crippen molar-refractivity contribution in [2.24, 2.45) is 0 Å². The van der Waals surface area contributed by atoms with Gasteiger partial charge in [0.2, 0.25) is 5.91 Å². The zero-order valence-electron chi connectivity index (χ0n) is 13.3. The van der Waals surface area contributed by atoms with Crippen molar-refractivity contribution >= 4 is 5.91 Å². The molecule has 24 heavy (non-hydrogen) atoms. The summed E-state index contributed by atoms with van der Waals surface area (Å²) in [5.74, 6) is 0.749. The Bertz CT molecular complexity index is 717. The maximum Gasteiger partial charge on any atom is 0.416 e. The van der Waals surface area contributed by atoms with Gasteiger partial charge in [0.1, 0.15) is 5.82 Å². The van der Waals surface area contributed by atoms with Crippen LogP contribution in [0.5, 0.6) is 0 Å². The average Bonchev–Trinajstić information content (AvgIpc) is 3.25. The molecule has 0 saturated heterocycles. The number of alkyl halides is 3. The first-order chi connectivity index (χ1) is 11.3. The van der Waals surface area contributed by atoms with Gasteiger partial charge in [-0.1, -0.05) is 12.1 Å². The molecule has 1 aromatic carbocycles. The van der Waals surface area contributed by atoms with E-state index in [0.717, 1.165) is 36.4 Å². The van der Waals surface area contributed by atoms with E-state index in [2.05, 4.69) is 4.98 Å². The third-order valence-electron chi connectivity index (χ3n) is 4.14. The SMILES string of the molecule is CC(=O)N(Cc1nccn1Cc1ccc(C(F)(F)F)cc1)C1CC1. The van der Waals surface area contributed by atoms with E-state index in [9.17, 15) is 18.0 Å². The molecule has 0 aliphatic heterocycles. The van der Waals surface area contributed by atoms with Crippen molar-refractivity contribution in [2.45, 2.75) is 45.1 Å². The number of benzene rings is 1. The molecule has 0 N–H and O–H groups in total. The monoisotopic (exact) mass is 337 g/mol. The van der Waals surface area contributed by atoms with Crippen LogP contribution in [0.1, 0.15) is 36.7 Å². The summed E-state index contributed by atoms with van der Waals surface area (Å²) < 4.78 is 39.7. The number of aromatic nitrogens is 2. The summed E-state index contributed by atoms with van der Waals surface area (Å²) >= 11 is 0. The number of rotatable bonds is 5. The highest BCUT2D eigenvalue weighted by atomic mass is 19.4. The van der Waals surface area contributed by atoms with Gasteiger partial charge in [-0.25, -0.2) is 4.98 Å². The second-order valence-electron chi connectivity index (χ2n) is 6.04. The molecular weight excluding hydrogens is 319 g/mol. The van der Waals surface area contributed by atoms with Gasteiger partial charge in [-0.3, -0.25) is 4.79 Å². The first-order valence-corrected chi connectivity index (χ1v) is 7.78. The summed E-state index contributed by atoms with van der Waals surface area (Å²) in [6.07, 6.45) is 1.12. The zero-order chi connectivity index (χ0) is 17.3. The number of carbonyl (C=O) groups is 1. The van der Waals surface area contributed by atoms with Crippen LogP contribution in [0.15, 0.2) is 36.7 Å². The van der Waals surface area contributed by atoms with E-state index in [1.807, 2.05) is 4.57 Å². The van der Waals surface area contributed by atoms with Crippen LogP contribution in [0.25, 0.3) is 0 Å². The van der Waals surface area contributed by atoms with Gasteiger partial charge < -0.3 is 9.47 Å². The van der Waals surface area contributed by atoms with Crippen LogP contribution >= 0.6 is 0 Å². The van der Waals surface area contributed by atoms with E-state index < -0.39 is 11.7 Å². The van der Waals surface area contributed by atoms with Gasteiger partial charge in [-0.2, -0.15) is 13.2 Å². The fraction of sp³-hybridized carbons (Fsp3) is 0.412. The molecule has 0 radical (unpaired) electrons. The van der Waals surface area contributed by atoms with E-state index in [4.69, 9.17) is 0 Å². The van der Waals surface area contributed by atoms with Gasteiger partial charge >= 0.3 is 6.18 Å². The van der Waals surface area contributed by atoms with Gasteiger partial charge in [-0.15, -0.1) is 0 Å². The molecule has 0 bridgehead atoms. The maximum atomic E-state index is 12.6. The van der Waals surface area contributed by atoms with Crippen molar-refractivity contribution in [3.63, 3.8) is 0 Å². The van der Waals surface area contributed by atoms with Crippen molar-refractivity contribution in [1.82, 2.24) is 14.5 Å². The topological polar surface area (TPSA) is 38.1 Å². The first-order valence-electron chi connectivity index (χ1n) is 7.78. The third kappa shape index (κ3) is 3.77. The fourth-order valence-corrected chi connectivity index (χ4v) is 2.67. The largest absolute Gasteiger partial charge is 0.416 e.